The molecule has 0 bridgehead atoms. The highest BCUT2D eigenvalue weighted by molar-refractivity contribution is 7.91. The Hall–Kier alpha value is -2.03. The van der Waals surface area contributed by atoms with Gasteiger partial charge in [0.25, 0.3) is 0 Å². The Bertz CT molecular complexity index is 908. The molecule has 0 saturated heterocycles. The van der Waals surface area contributed by atoms with Crippen molar-refractivity contribution in [3.05, 3.63) is 47.6 Å². The van der Waals surface area contributed by atoms with Crippen LogP contribution in [0.2, 0.25) is 0 Å². The minimum Gasteiger partial charge on any atom is -0.368 e. The van der Waals surface area contributed by atoms with Gasteiger partial charge in [-0.05, 0) is 30.5 Å². The van der Waals surface area contributed by atoms with E-state index in [-0.39, 0.29) is 6.54 Å². The molecule has 0 aliphatic rings. The van der Waals surface area contributed by atoms with Crippen LogP contribution in [0.15, 0.2) is 46.2 Å². The first-order valence-corrected chi connectivity index (χ1v) is 9.41. The molecule has 23 heavy (non-hydrogen) atoms. The minimum absolute atomic E-state index is 0.275. The molecule has 6 nitrogen and oxygen atoms in total. The van der Waals surface area contributed by atoms with Crippen LogP contribution in [0, 0.1) is 6.92 Å². The third-order valence-electron chi connectivity index (χ3n) is 3.26. The molecule has 0 aliphatic heterocycles. The zero-order valence-electron chi connectivity index (χ0n) is 12.5. The number of benzene rings is 1. The molecule has 0 atom stereocenters. The second-order valence-electron chi connectivity index (χ2n) is 5.00. The Morgan fingerprint density at radius 2 is 2.04 bits per heavy atom. The van der Waals surface area contributed by atoms with E-state index in [1.807, 2.05) is 25.1 Å². The van der Waals surface area contributed by atoms with E-state index in [0.717, 1.165) is 16.5 Å². The topological polar surface area (TPSA) is 84.0 Å². The van der Waals surface area contributed by atoms with Crippen molar-refractivity contribution < 1.29 is 8.42 Å². The predicted molar refractivity (Wildman–Crippen MR) is 92.3 cm³/mol. The molecule has 0 fully saturated rings. The number of hydrogen-bond acceptors (Lipinski definition) is 6. The summed E-state index contributed by atoms with van der Waals surface area (Å²) in [5, 5.41) is 5.82. The molecule has 0 radical (unpaired) electrons. The normalized spacial score (nSPS) is 11.7. The Morgan fingerprint density at radius 3 is 2.83 bits per heavy atom. The fraction of sp³-hybridized carbons (Fsp3) is 0.200. The summed E-state index contributed by atoms with van der Waals surface area (Å²) in [5.74, 6) is 0.703. The third-order valence-corrected chi connectivity index (χ3v) is 6.12. The maximum Gasteiger partial charge on any atom is 0.250 e. The number of nitrogens with zero attached hydrogens (tertiary/aromatic N) is 2. The second kappa shape index (κ2) is 6.61. The minimum atomic E-state index is -3.42. The van der Waals surface area contributed by atoms with E-state index in [1.54, 1.807) is 17.5 Å². The summed E-state index contributed by atoms with van der Waals surface area (Å²) in [7, 11) is -3.42. The Labute approximate surface area is 138 Å². The molecule has 3 rings (SSSR count). The van der Waals surface area contributed by atoms with Gasteiger partial charge < -0.3 is 5.32 Å². The highest BCUT2D eigenvalue weighted by Gasteiger charge is 2.13. The number of aromatic nitrogens is 2. The van der Waals surface area contributed by atoms with Gasteiger partial charge in [0.2, 0.25) is 10.0 Å². The first-order valence-electron chi connectivity index (χ1n) is 7.05. The molecule has 0 saturated carbocycles. The van der Waals surface area contributed by atoms with Gasteiger partial charge in [0, 0.05) is 18.5 Å². The van der Waals surface area contributed by atoms with Gasteiger partial charge in [0.15, 0.2) is 0 Å². The molecule has 3 aromatic rings. The molecule has 120 valence electrons. The van der Waals surface area contributed by atoms with Crippen LogP contribution in [0.25, 0.3) is 10.9 Å². The number of rotatable bonds is 6. The lowest BCUT2D eigenvalue weighted by Gasteiger charge is -2.09. The highest BCUT2D eigenvalue weighted by Crippen LogP contribution is 2.20. The van der Waals surface area contributed by atoms with Gasteiger partial charge in [-0.25, -0.2) is 23.1 Å². The number of thiophene rings is 1. The van der Waals surface area contributed by atoms with Crippen LogP contribution in [-0.4, -0.2) is 31.5 Å². The lowest BCUT2D eigenvalue weighted by Crippen LogP contribution is -2.28. The highest BCUT2D eigenvalue weighted by atomic mass is 32.2. The Kier molecular flexibility index (Phi) is 4.56. The van der Waals surface area contributed by atoms with Crippen molar-refractivity contribution in [2.75, 3.05) is 18.4 Å². The molecule has 0 spiro atoms. The first-order chi connectivity index (χ1) is 11.1. The van der Waals surface area contributed by atoms with E-state index in [1.165, 1.54) is 17.7 Å². The van der Waals surface area contributed by atoms with Gasteiger partial charge in [-0.2, -0.15) is 0 Å². The quantitative estimate of drug-likeness (QED) is 0.668. The molecule has 0 aliphatic carbocycles. The van der Waals surface area contributed by atoms with Gasteiger partial charge in [-0.1, -0.05) is 17.7 Å². The predicted octanol–water partition coefficient (Wildman–Crippen LogP) is 2.39. The van der Waals surface area contributed by atoms with Crippen LogP contribution in [0.5, 0.6) is 0 Å². The Balaban J connectivity index is 1.64. The zero-order valence-corrected chi connectivity index (χ0v) is 14.1. The molecule has 1 aromatic carbocycles. The average molecular weight is 348 g/mol. The lowest BCUT2D eigenvalue weighted by atomic mass is 10.1. The molecular weight excluding hydrogens is 332 g/mol. The van der Waals surface area contributed by atoms with Crippen molar-refractivity contribution in [1.29, 1.82) is 0 Å². The van der Waals surface area contributed by atoms with Crippen LogP contribution in [-0.2, 0) is 10.0 Å². The number of hydrogen-bond donors (Lipinski definition) is 2. The van der Waals surface area contributed by atoms with Crippen molar-refractivity contribution in [3.8, 4) is 0 Å². The molecule has 8 heteroatoms. The van der Waals surface area contributed by atoms with Crippen molar-refractivity contribution in [2.45, 2.75) is 11.1 Å². The number of nitrogens with one attached hydrogen (secondary N) is 2. The van der Waals surface area contributed by atoms with E-state index in [4.69, 9.17) is 0 Å². The van der Waals surface area contributed by atoms with E-state index < -0.39 is 10.0 Å². The van der Waals surface area contributed by atoms with Gasteiger partial charge in [0.1, 0.15) is 16.4 Å². The van der Waals surface area contributed by atoms with Crippen LogP contribution >= 0.6 is 11.3 Å². The van der Waals surface area contributed by atoms with Gasteiger partial charge >= 0.3 is 0 Å². The summed E-state index contributed by atoms with van der Waals surface area (Å²) < 4.78 is 26.9. The molecule has 2 aromatic heterocycles. The monoisotopic (exact) mass is 348 g/mol. The SMILES string of the molecule is Cc1ccc2ncnc(NCCNS(=O)(=O)c3cccs3)c2c1. The van der Waals surface area contributed by atoms with Crippen LogP contribution in [0.3, 0.4) is 0 Å². The van der Waals surface area contributed by atoms with Crippen LogP contribution < -0.4 is 10.0 Å². The maximum atomic E-state index is 12.0. The molecule has 2 N–H and O–H groups in total. The van der Waals surface area contributed by atoms with E-state index in [9.17, 15) is 8.42 Å². The third kappa shape index (κ3) is 3.66. The van der Waals surface area contributed by atoms with Gasteiger partial charge in [0.05, 0.1) is 5.52 Å². The lowest BCUT2D eigenvalue weighted by molar-refractivity contribution is 0.585. The van der Waals surface area contributed by atoms with Crippen molar-refractivity contribution in [1.82, 2.24) is 14.7 Å². The largest absolute Gasteiger partial charge is 0.368 e. The first kappa shape index (κ1) is 15.9. The average Bonchev–Trinajstić information content (AvgIpc) is 3.07. The van der Waals surface area contributed by atoms with Gasteiger partial charge in [-0.15, -0.1) is 11.3 Å². The smallest absolute Gasteiger partial charge is 0.250 e. The Morgan fingerprint density at radius 1 is 1.17 bits per heavy atom. The summed E-state index contributed by atoms with van der Waals surface area (Å²) in [6.07, 6.45) is 1.50. The number of aryl methyl sites for hydroxylation is 1. The fourth-order valence-electron chi connectivity index (χ4n) is 2.17. The molecule has 0 unspecified atom stereocenters. The molecule has 0 amide bonds. The number of sulfonamides is 1. The second-order valence-corrected chi connectivity index (χ2v) is 7.94. The van der Waals surface area contributed by atoms with Gasteiger partial charge in [-0.3, -0.25) is 0 Å². The van der Waals surface area contributed by atoms with E-state index >= 15 is 0 Å². The summed E-state index contributed by atoms with van der Waals surface area (Å²) in [6.45, 7) is 2.72. The van der Waals surface area contributed by atoms with Crippen molar-refractivity contribution >= 4 is 38.1 Å². The summed E-state index contributed by atoms with van der Waals surface area (Å²) in [6, 6.07) is 9.24. The standard InChI is InChI=1S/C15H16N4O2S2/c1-11-4-5-13-12(9-11)15(18-10-17-13)16-6-7-19-23(20,21)14-3-2-8-22-14/h2-5,8-10,19H,6-7H2,1H3,(H,16,17,18). The van der Waals surface area contributed by atoms with E-state index in [0.29, 0.717) is 16.6 Å². The molecular formula is C15H16N4O2S2. The van der Waals surface area contributed by atoms with Crippen molar-refractivity contribution in [2.24, 2.45) is 0 Å². The maximum absolute atomic E-state index is 12.0. The van der Waals surface area contributed by atoms with Crippen LogP contribution in [0.1, 0.15) is 5.56 Å². The summed E-state index contributed by atoms with van der Waals surface area (Å²) in [5.41, 5.74) is 1.97. The molecule has 2 heterocycles. The zero-order chi connectivity index (χ0) is 16.3. The fourth-order valence-corrected chi connectivity index (χ4v) is 4.23. The van der Waals surface area contributed by atoms with Crippen LogP contribution in [0.4, 0.5) is 5.82 Å². The summed E-state index contributed by atoms with van der Waals surface area (Å²) in [4.78, 5) is 8.46. The summed E-state index contributed by atoms with van der Waals surface area (Å²) >= 11 is 1.20. The van der Waals surface area contributed by atoms with E-state index in [2.05, 4.69) is 20.0 Å². The number of anilines is 1. The number of fused-ring (bicyclic) bond motifs is 1. The van der Waals surface area contributed by atoms with Crippen molar-refractivity contribution in [3.63, 3.8) is 0 Å².